The fourth-order valence-corrected chi connectivity index (χ4v) is 4.23. The Balaban J connectivity index is 1.82. The number of methoxy groups -OCH3 is 2. The number of aliphatic carboxylic acids is 1. The molecule has 3 rings (SSSR count). The number of hydrogen-bond donors (Lipinski definition) is 3. The first-order valence-corrected chi connectivity index (χ1v) is 11.9. The maximum atomic E-state index is 13.4. The first-order valence-electron chi connectivity index (χ1n) is 11.9. The Kier molecular flexibility index (Phi) is 9.47. The molecule has 0 spiro atoms. The second-order valence-electron chi connectivity index (χ2n) is 8.74. The number of aryl methyl sites for hydroxylation is 1. The zero-order valence-electron chi connectivity index (χ0n) is 20.9. The zero-order valence-corrected chi connectivity index (χ0v) is 20.9. The van der Waals surface area contributed by atoms with Crippen molar-refractivity contribution in [3.05, 3.63) is 89.0 Å². The Hall–Kier alpha value is -3.84. The van der Waals surface area contributed by atoms with Crippen LogP contribution in [0.4, 0.5) is 5.69 Å². The molecule has 3 aromatic carbocycles. The van der Waals surface area contributed by atoms with Crippen molar-refractivity contribution in [1.82, 2.24) is 0 Å². The van der Waals surface area contributed by atoms with Crippen LogP contribution in [-0.2, 0) is 22.4 Å². The van der Waals surface area contributed by atoms with Crippen LogP contribution in [0.3, 0.4) is 0 Å². The van der Waals surface area contributed by atoms with Crippen LogP contribution in [0, 0.1) is 12.8 Å². The van der Waals surface area contributed by atoms with Gasteiger partial charge in [0, 0.05) is 11.3 Å². The number of benzene rings is 3. The van der Waals surface area contributed by atoms with Gasteiger partial charge in [-0.1, -0.05) is 42.5 Å². The number of aliphatic hydroxyl groups excluding tert-OH is 1. The van der Waals surface area contributed by atoms with Gasteiger partial charge in [0.2, 0.25) is 5.91 Å². The highest BCUT2D eigenvalue weighted by Crippen LogP contribution is 2.36. The summed E-state index contributed by atoms with van der Waals surface area (Å²) in [6.07, 6.45) is 0.762. The van der Waals surface area contributed by atoms with Crippen LogP contribution in [0.15, 0.2) is 66.7 Å². The molecule has 190 valence electrons. The first-order chi connectivity index (χ1) is 17.3. The number of carbonyl (C=O) groups excluding carboxylic acids is 1. The average molecular weight is 492 g/mol. The molecule has 0 aromatic heterocycles. The van der Waals surface area contributed by atoms with Crippen molar-refractivity contribution in [2.75, 3.05) is 19.5 Å². The molecule has 0 radical (unpaired) electrons. The summed E-state index contributed by atoms with van der Waals surface area (Å²) in [6.45, 7) is 1.87. The van der Waals surface area contributed by atoms with E-state index in [9.17, 15) is 14.7 Å². The molecule has 3 aromatic rings. The van der Waals surface area contributed by atoms with Crippen molar-refractivity contribution in [1.29, 1.82) is 0 Å². The number of amides is 1. The van der Waals surface area contributed by atoms with Crippen LogP contribution in [0.2, 0.25) is 0 Å². The lowest BCUT2D eigenvalue weighted by Crippen LogP contribution is -2.28. The summed E-state index contributed by atoms with van der Waals surface area (Å²) in [5, 5.41) is 23.2. The molecule has 0 bridgehead atoms. The molecule has 0 aliphatic carbocycles. The minimum absolute atomic E-state index is 0.0911. The number of carboxylic acids is 1. The van der Waals surface area contributed by atoms with E-state index in [2.05, 4.69) is 5.32 Å². The third-order valence-corrected chi connectivity index (χ3v) is 6.23. The highest BCUT2D eigenvalue weighted by Gasteiger charge is 2.29. The molecule has 0 saturated heterocycles. The molecule has 0 heterocycles. The van der Waals surface area contributed by atoms with Gasteiger partial charge in [-0.3, -0.25) is 9.59 Å². The van der Waals surface area contributed by atoms with E-state index >= 15 is 0 Å². The smallest absolute Gasteiger partial charge is 0.307 e. The van der Waals surface area contributed by atoms with Crippen LogP contribution in [0.25, 0.3) is 0 Å². The third kappa shape index (κ3) is 7.09. The summed E-state index contributed by atoms with van der Waals surface area (Å²) in [6, 6.07) is 20.1. The fraction of sp³-hybridized carbons (Fsp3) is 0.310. The Labute approximate surface area is 211 Å². The Morgan fingerprint density at radius 1 is 0.917 bits per heavy atom. The SMILES string of the molecule is COc1cc(C(O)[C@@H](CCCc2ccccc2)C(=O)Nc2ccc(CC(=O)O)cc2)cc(OC)c1C. The number of hydrogen-bond acceptors (Lipinski definition) is 5. The average Bonchev–Trinajstić information content (AvgIpc) is 2.87. The predicted molar refractivity (Wildman–Crippen MR) is 139 cm³/mol. The monoisotopic (exact) mass is 491 g/mol. The van der Waals surface area contributed by atoms with Gasteiger partial charge in [0.25, 0.3) is 0 Å². The predicted octanol–water partition coefficient (Wildman–Crippen LogP) is 4.95. The van der Waals surface area contributed by atoms with Gasteiger partial charge in [-0.2, -0.15) is 0 Å². The molecule has 36 heavy (non-hydrogen) atoms. The summed E-state index contributed by atoms with van der Waals surface area (Å²) >= 11 is 0. The molecule has 7 heteroatoms. The molecule has 1 unspecified atom stereocenters. The second-order valence-corrected chi connectivity index (χ2v) is 8.74. The topological polar surface area (TPSA) is 105 Å². The first kappa shape index (κ1) is 26.8. The highest BCUT2D eigenvalue weighted by atomic mass is 16.5. The molecule has 0 aliphatic rings. The van der Waals surface area contributed by atoms with Crippen LogP contribution in [-0.4, -0.2) is 36.3 Å². The Bertz CT molecular complexity index is 1140. The van der Waals surface area contributed by atoms with Crippen LogP contribution < -0.4 is 14.8 Å². The quantitative estimate of drug-likeness (QED) is 0.331. The van der Waals surface area contributed by atoms with E-state index in [4.69, 9.17) is 14.6 Å². The van der Waals surface area contributed by atoms with E-state index in [0.717, 1.165) is 12.0 Å². The van der Waals surface area contributed by atoms with E-state index in [1.165, 1.54) is 5.56 Å². The minimum Gasteiger partial charge on any atom is -0.496 e. The van der Waals surface area contributed by atoms with Crippen molar-refractivity contribution in [3.8, 4) is 11.5 Å². The van der Waals surface area contributed by atoms with Crippen LogP contribution >= 0.6 is 0 Å². The van der Waals surface area contributed by atoms with Crippen molar-refractivity contribution < 1.29 is 29.3 Å². The largest absolute Gasteiger partial charge is 0.496 e. The van der Waals surface area contributed by atoms with Crippen LogP contribution in [0.5, 0.6) is 11.5 Å². The number of carboxylic acid groups (broad SMARTS) is 1. The van der Waals surface area contributed by atoms with Gasteiger partial charge in [0.15, 0.2) is 0 Å². The van der Waals surface area contributed by atoms with Crippen molar-refractivity contribution >= 4 is 17.6 Å². The minimum atomic E-state index is -1.09. The van der Waals surface area contributed by atoms with E-state index < -0.39 is 18.0 Å². The van der Waals surface area contributed by atoms with Gasteiger partial charge in [0.05, 0.1) is 32.7 Å². The highest BCUT2D eigenvalue weighted by molar-refractivity contribution is 5.93. The summed E-state index contributed by atoms with van der Waals surface area (Å²) in [4.78, 5) is 24.3. The number of ether oxygens (including phenoxy) is 2. The number of carbonyl (C=O) groups is 2. The molecular weight excluding hydrogens is 458 g/mol. The van der Waals surface area contributed by atoms with Crippen molar-refractivity contribution in [2.45, 2.75) is 38.7 Å². The summed E-state index contributed by atoms with van der Waals surface area (Å²) in [5.74, 6) is -0.830. The van der Waals surface area contributed by atoms with Gasteiger partial charge in [-0.25, -0.2) is 0 Å². The molecule has 0 fully saturated rings. The molecule has 0 saturated carbocycles. The summed E-state index contributed by atoms with van der Waals surface area (Å²) in [5.41, 5.74) is 3.68. The van der Waals surface area contributed by atoms with E-state index in [-0.39, 0.29) is 12.3 Å². The lowest BCUT2D eigenvalue weighted by atomic mass is 9.88. The maximum absolute atomic E-state index is 13.4. The van der Waals surface area contributed by atoms with E-state index in [1.807, 2.05) is 37.3 Å². The zero-order chi connectivity index (χ0) is 26.1. The number of nitrogens with one attached hydrogen (secondary N) is 1. The number of rotatable bonds is 12. The Morgan fingerprint density at radius 3 is 2.08 bits per heavy atom. The van der Waals surface area contributed by atoms with E-state index in [0.29, 0.717) is 41.2 Å². The molecule has 0 aliphatic heterocycles. The fourth-order valence-electron chi connectivity index (χ4n) is 4.23. The molecule has 7 nitrogen and oxygen atoms in total. The lowest BCUT2D eigenvalue weighted by molar-refractivity contribution is -0.136. The van der Waals surface area contributed by atoms with Gasteiger partial charge >= 0.3 is 5.97 Å². The van der Waals surface area contributed by atoms with Gasteiger partial charge < -0.3 is 25.0 Å². The molecule has 3 N–H and O–H groups in total. The number of anilines is 1. The molecular formula is C29H33NO6. The second kappa shape index (κ2) is 12.7. The standard InChI is InChI=1S/C29H33NO6/c1-19-25(35-2)17-22(18-26(19)36-3)28(33)24(11-7-10-20-8-5-4-6-9-20)29(34)30-23-14-12-21(13-15-23)16-27(31)32/h4-6,8-9,12-15,17-18,24,28,33H,7,10-11,16H2,1-3H3,(H,30,34)(H,31,32)/t24-,28?/m1/s1. The van der Waals surface area contributed by atoms with Crippen molar-refractivity contribution in [3.63, 3.8) is 0 Å². The lowest BCUT2D eigenvalue weighted by Gasteiger charge is -2.24. The third-order valence-electron chi connectivity index (χ3n) is 6.23. The van der Waals surface area contributed by atoms with Gasteiger partial charge in [-0.15, -0.1) is 0 Å². The van der Waals surface area contributed by atoms with Crippen molar-refractivity contribution in [2.24, 2.45) is 5.92 Å². The van der Waals surface area contributed by atoms with Gasteiger partial charge in [-0.05, 0) is 67.1 Å². The molecule has 1 amide bonds. The normalized spacial score (nSPS) is 12.4. The van der Waals surface area contributed by atoms with Crippen LogP contribution in [0.1, 0.15) is 41.2 Å². The summed E-state index contributed by atoms with van der Waals surface area (Å²) in [7, 11) is 3.10. The Morgan fingerprint density at radius 2 is 1.53 bits per heavy atom. The van der Waals surface area contributed by atoms with Gasteiger partial charge in [0.1, 0.15) is 11.5 Å². The maximum Gasteiger partial charge on any atom is 0.307 e. The summed E-state index contributed by atoms with van der Waals surface area (Å²) < 4.78 is 10.9. The van der Waals surface area contributed by atoms with E-state index in [1.54, 1.807) is 50.6 Å². The molecule has 2 atom stereocenters. The number of aliphatic hydroxyl groups is 1.